The molecule has 0 aromatic heterocycles. The van der Waals surface area contributed by atoms with E-state index < -0.39 is 29.6 Å². The quantitative estimate of drug-likeness (QED) is 0.205. The molecular formula is C27H27ClN2O7S. The molecule has 1 saturated heterocycles. The lowest BCUT2D eigenvalue weighted by Crippen LogP contribution is -2.36. The van der Waals surface area contributed by atoms with Crippen molar-refractivity contribution in [3.05, 3.63) is 70.1 Å². The van der Waals surface area contributed by atoms with E-state index in [1.807, 2.05) is 13.8 Å². The van der Waals surface area contributed by atoms with Crippen molar-refractivity contribution in [1.29, 1.82) is 0 Å². The predicted molar refractivity (Wildman–Crippen MR) is 147 cm³/mol. The second-order valence-corrected chi connectivity index (χ2v) is 9.29. The summed E-state index contributed by atoms with van der Waals surface area (Å²) in [5, 5.41) is 2.18. The van der Waals surface area contributed by atoms with Crippen LogP contribution in [0, 0.1) is 0 Å². The minimum absolute atomic E-state index is 0.0966. The number of thioether (sulfide) groups is 1. The SMILES string of the molecule is C=CCOc1ccc(/C=C2/SC(=O)N(CC(=O)Nc3ccc(Cl)c(C(=O)OCCC)c3)C2=O)cc1OCC. The normalized spacial score (nSPS) is 14.0. The molecule has 0 atom stereocenters. The second-order valence-electron chi connectivity index (χ2n) is 7.89. The van der Waals surface area contributed by atoms with Gasteiger partial charge in [-0.2, -0.15) is 0 Å². The number of benzene rings is 2. The minimum atomic E-state index is -0.619. The van der Waals surface area contributed by atoms with Gasteiger partial charge in [0.2, 0.25) is 5.91 Å². The number of carbonyl (C=O) groups excluding carboxylic acids is 4. The molecule has 0 saturated carbocycles. The lowest BCUT2D eigenvalue weighted by molar-refractivity contribution is -0.127. The highest BCUT2D eigenvalue weighted by Crippen LogP contribution is 2.34. The van der Waals surface area contributed by atoms with Crippen LogP contribution in [-0.4, -0.2) is 54.3 Å². The summed E-state index contributed by atoms with van der Waals surface area (Å²) in [5.74, 6) is -0.816. The van der Waals surface area contributed by atoms with Crippen LogP contribution >= 0.6 is 23.4 Å². The van der Waals surface area contributed by atoms with Gasteiger partial charge in [0.05, 0.1) is 28.7 Å². The highest BCUT2D eigenvalue weighted by atomic mass is 35.5. The Morgan fingerprint density at radius 3 is 2.61 bits per heavy atom. The summed E-state index contributed by atoms with van der Waals surface area (Å²) in [6.07, 6.45) is 3.81. The molecule has 2 aromatic rings. The van der Waals surface area contributed by atoms with E-state index in [9.17, 15) is 19.2 Å². The van der Waals surface area contributed by atoms with Gasteiger partial charge >= 0.3 is 5.97 Å². The zero-order valence-electron chi connectivity index (χ0n) is 21.0. The monoisotopic (exact) mass is 558 g/mol. The first-order valence-corrected chi connectivity index (χ1v) is 13.0. The number of nitrogens with zero attached hydrogens (tertiary/aromatic N) is 1. The van der Waals surface area contributed by atoms with Crippen LogP contribution in [-0.2, 0) is 14.3 Å². The van der Waals surface area contributed by atoms with Crippen molar-refractivity contribution < 1.29 is 33.4 Å². The molecule has 200 valence electrons. The topological polar surface area (TPSA) is 111 Å². The zero-order valence-corrected chi connectivity index (χ0v) is 22.5. The molecule has 0 unspecified atom stereocenters. The first kappa shape index (κ1) is 28.8. The summed E-state index contributed by atoms with van der Waals surface area (Å²) < 4.78 is 16.3. The Kier molecular flexibility index (Phi) is 10.4. The molecule has 0 spiro atoms. The Hall–Kier alpha value is -3.76. The molecule has 3 amide bonds. The molecule has 1 aliphatic heterocycles. The molecule has 9 nitrogen and oxygen atoms in total. The molecular weight excluding hydrogens is 532 g/mol. The maximum Gasteiger partial charge on any atom is 0.339 e. The standard InChI is InChI=1S/C27H27ClN2O7S/c1-4-11-36-21-10-7-17(13-22(21)35-6-3)14-23-25(32)30(27(34)38-23)16-24(31)29-18-8-9-20(28)19(15-18)26(33)37-12-5-2/h4,7-10,13-15H,1,5-6,11-12,16H2,2-3H3,(H,29,31)/b23-14+. The van der Waals surface area contributed by atoms with E-state index >= 15 is 0 Å². The summed E-state index contributed by atoms with van der Waals surface area (Å²) in [5.41, 5.74) is 0.991. The highest BCUT2D eigenvalue weighted by molar-refractivity contribution is 8.18. The summed E-state index contributed by atoms with van der Waals surface area (Å²) >= 11 is 6.82. The number of esters is 1. The van der Waals surface area contributed by atoms with Gasteiger partial charge in [-0.1, -0.05) is 37.2 Å². The number of rotatable bonds is 12. The number of ether oxygens (including phenoxy) is 3. The van der Waals surface area contributed by atoms with Crippen LogP contribution < -0.4 is 14.8 Å². The second kappa shape index (κ2) is 13.7. The van der Waals surface area contributed by atoms with Crippen molar-refractivity contribution in [3.8, 4) is 11.5 Å². The molecule has 0 aliphatic carbocycles. The fourth-order valence-corrected chi connectivity index (χ4v) is 4.35. The molecule has 2 aromatic carbocycles. The first-order chi connectivity index (χ1) is 18.3. The van der Waals surface area contributed by atoms with Gasteiger partial charge in [0, 0.05) is 5.69 Å². The molecule has 38 heavy (non-hydrogen) atoms. The summed E-state index contributed by atoms with van der Waals surface area (Å²) in [6, 6.07) is 9.47. The Balaban J connectivity index is 1.70. The highest BCUT2D eigenvalue weighted by Gasteiger charge is 2.36. The summed E-state index contributed by atoms with van der Waals surface area (Å²) in [6.45, 7) is 7.77. The van der Waals surface area contributed by atoms with Gasteiger partial charge in [-0.25, -0.2) is 4.79 Å². The molecule has 1 aliphatic rings. The third-order valence-electron chi connectivity index (χ3n) is 5.00. The van der Waals surface area contributed by atoms with Gasteiger partial charge in [0.25, 0.3) is 11.1 Å². The van der Waals surface area contributed by atoms with Crippen LogP contribution in [0.3, 0.4) is 0 Å². The van der Waals surface area contributed by atoms with Gasteiger partial charge in [0.1, 0.15) is 13.2 Å². The average molecular weight is 559 g/mol. The minimum Gasteiger partial charge on any atom is -0.490 e. The molecule has 0 bridgehead atoms. The molecule has 11 heteroatoms. The smallest absolute Gasteiger partial charge is 0.339 e. The van der Waals surface area contributed by atoms with Crippen molar-refractivity contribution in [3.63, 3.8) is 0 Å². The van der Waals surface area contributed by atoms with E-state index in [2.05, 4.69) is 11.9 Å². The van der Waals surface area contributed by atoms with Crippen LogP contribution in [0.25, 0.3) is 6.08 Å². The van der Waals surface area contributed by atoms with Gasteiger partial charge in [0.15, 0.2) is 11.5 Å². The van der Waals surface area contributed by atoms with E-state index in [-0.39, 0.29) is 27.8 Å². The number of anilines is 1. The van der Waals surface area contributed by atoms with Crippen molar-refractivity contribution in [2.24, 2.45) is 0 Å². The maximum atomic E-state index is 12.9. The van der Waals surface area contributed by atoms with Crippen LogP contribution in [0.1, 0.15) is 36.2 Å². The lowest BCUT2D eigenvalue weighted by atomic mass is 10.2. The number of carbonyl (C=O) groups is 4. The van der Waals surface area contributed by atoms with Gasteiger partial charge in [-0.3, -0.25) is 19.3 Å². The van der Waals surface area contributed by atoms with E-state index in [4.69, 9.17) is 25.8 Å². The Labute approximate surface area is 229 Å². The fraction of sp³-hybridized carbons (Fsp3) is 0.259. The van der Waals surface area contributed by atoms with Crippen LogP contribution in [0.15, 0.2) is 54.0 Å². The van der Waals surface area contributed by atoms with E-state index in [0.29, 0.717) is 36.7 Å². The Bertz CT molecular complexity index is 1280. The van der Waals surface area contributed by atoms with Gasteiger partial charge in [-0.05, 0) is 67.1 Å². The summed E-state index contributed by atoms with van der Waals surface area (Å²) in [7, 11) is 0. The van der Waals surface area contributed by atoms with Gasteiger partial charge in [-0.15, -0.1) is 0 Å². The first-order valence-electron chi connectivity index (χ1n) is 11.8. The largest absolute Gasteiger partial charge is 0.490 e. The maximum absolute atomic E-state index is 12.9. The number of nitrogens with one attached hydrogen (secondary N) is 1. The number of hydrogen-bond donors (Lipinski definition) is 1. The van der Waals surface area contributed by atoms with Gasteiger partial charge < -0.3 is 19.5 Å². The zero-order chi connectivity index (χ0) is 27.7. The molecule has 1 fully saturated rings. The number of imide groups is 1. The van der Waals surface area contributed by atoms with Crippen molar-refractivity contribution >= 4 is 58.1 Å². The number of hydrogen-bond acceptors (Lipinski definition) is 8. The number of amides is 3. The molecule has 1 N–H and O–H groups in total. The molecule has 1 heterocycles. The van der Waals surface area contributed by atoms with E-state index in [0.717, 1.165) is 16.7 Å². The van der Waals surface area contributed by atoms with E-state index in [1.54, 1.807) is 30.4 Å². The van der Waals surface area contributed by atoms with E-state index in [1.165, 1.54) is 18.2 Å². The fourth-order valence-electron chi connectivity index (χ4n) is 3.31. The van der Waals surface area contributed by atoms with Crippen molar-refractivity contribution in [2.75, 3.05) is 31.7 Å². The lowest BCUT2D eigenvalue weighted by Gasteiger charge is -2.13. The van der Waals surface area contributed by atoms with Crippen molar-refractivity contribution in [2.45, 2.75) is 20.3 Å². The Morgan fingerprint density at radius 2 is 1.89 bits per heavy atom. The number of halogens is 1. The van der Waals surface area contributed by atoms with Crippen molar-refractivity contribution in [1.82, 2.24) is 4.90 Å². The third kappa shape index (κ3) is 7.39. The van der Waals surface area contributed by atoms with Crippen LogP contribution in [0.2, 0.25) is 5.02 Å². The van der Waals surface area contributed by atoms with Crippen LogP contribution in [0.5, 0.6) is 11.5 Å². The Morgan fingerprint density at radius 1 is 1.11 bits per heavy atom. The summed E-state index contributed by atoms with van der Waals surface area (Å²) in [4.78, 5) is 51.3. The average Bonchev–Trinajstić information content (AvgIpc) is 3.15. The third-order valence-corrected chi connectivity index (χ3v) is 6.24. The predicted octanol–water partition coefficient (Wildman–Crippen LogP) is 5.55. The molecule has 3 rings (SSSR count). The van der Waals surface area contributed by atoms with Crippen LogP contribution in [0.4, 0.5) is 10.5 Å². The molecule has 0 radical (unpaired) electrons.